The molecular formula is C36H46CaN4. The molecular weight excluding hydrogens is 529 g/mol. The van der Waals surface area contributed by atoms with E-state index in [4.69, 9.17) is 20.0 Å². The predicted octanol–water partition coefficient (Wildman–Crippen LogP) is 8.90. The van der Waals surface area contributed by atoms with Gasteiger partial charge in [-0.2, -0.15) is 0 Å². The molecule has 5 heterocycles. The van der Waals surface area contributed by atoms with Crippen molar-refractivity contribution < 1.29 is 0 Å². The molecule has 0 saturated heterocycles. The van der Waals surface area contributed by atoms with Crippen molar-refractivity contribution in [2.75, 3.05) is 0 Å². The van der Waals surface area contributed by atoms with Gasteiger partial charge in [0.05, 0.1) is 45.6 Å². The van der Waals surface area contributed by atoms with Gasteiger partial charge in [0.25, 0.3) is 0 Å². The molecule has 0 unspecified atom stereocenters. The van der Waals surface area contributed by atoms with Crippen molar-refractivity contribution in [3.8, 4) is 0 Å². The van der Waals surface area contributed by atoms with Crippen molar-refractivity contribution in [3.63, 3.8) is 0 Å². The molecule has 0 spiro atoms. The summed E-state index contributed by atoms with van der Waals surface area (Å²) >= 11 is 0. The Kier molecular flexibility index (Phi) is 10.4. The molecule has 8 bridgehead atoms. The van der Waals surface area contributed by atoms with Crippen LogP contribution in [0.25, 0.3) is 0 Å². The summed E-state index contributed by atoms with van der Waals surface area (Å²) in [6, 6.07) is 0. The molecule has 4 nitrogen and oxygen atoms in total. The van der Waals surface area contributed by atoms with E-state index < -0.39 is 0 Å². The van der Waals surface area contributed by atoms with Crippen molar-refractivity contribution in [2.45, 2.75) is 107 Å². The van der Waals surface area contributed by atoms with E-state index in [0.29, 0.717) is 0 Å². The first-order valence-electron chi connectivity index (χ1n) is 15.6. The van der Waals surface area contributed by atoms with E-state index >= 15 is 0 Å². The van der Waals surface area contributed by atoms with Crippen LogP contribution >= 0.6 is 0 Å². The molecule has 0 aliphatic carbocycles. The Morgan fingerprint density at radius 2 is 0.927 bits per heavy atom. The van der Waals surface area contributed by atoms with Crippen molar-refractivity contribution in [2.24, 2.45) is 20.0 Å². The molecule has 0 atom stereocenters. The fraction of sp³-hybridized carbons (Fsp3) is 0.444. The quantitative estimate of drug-likeness (QED) is 0.260. The van der Waals surface area contributed by atoms with Gasteiger partial charge in [-0.05, 0) is 109 Å². The van der Waals surface area contributed by atoms with Crippen molar-refractivity contribution in [3.05, 3.63) is 91.7 Å². The average Bonchev–Trinajstić information content (AvgIpc) is 3.73. The van der Waals surface area contributed by atoms with Crippen LogP contribution in [-0.2, 0) is 0 Å². The van der Waals surface area contributed by atoms with Gasteiger partial charge >= 0.3 is 37.7 Å². The SMILES string of the molecule is CCC1=C(CC)C2=NC1=CC1=NC(=CC3=NC(=C(CC)C4=NC(=C2CC)C(CC)=C4CC)C(CC)=C3CC)C=C1.[CaH2]. The van der Waals surface area contributed by atoms with Crippen LogP contribution < -0.4 is 0 Å². The number of aliphatic imine (C=N–C) groups is 4. The Bertz CT molecular complexity index is 1540. The van der Waals surface area contributed by atoms with E-state index in [1.54, 1.807) is 0 Å². The van der Waals surface area contributed by atoms with Gasteiger partial charge < -0.3 is 0 Å². The molecule has 5 heteroatoms. The summed E-state index contributed by atoms with van der Waals surface area (Å²) < 4.78 is 0. The zero-order valence-corrected chi connectivity index (χ0v) is 25.8. The normalized spacial score (nSPS) is 20.1. The molecule has 0 fully saturated rings. The molecule has 212 valence electrons. The van der Waals surface area contributed by atoms with Crippen LogP contribution in [0.1, 0.15) is 107 Å². The number of allylic oxidation sites excluding steroid dienone is 12. The second kappa shape index (κ2) is 13.4. The Balaban J connectivity index is 0.00000387. The van der Waals surface area contributed by atoms with Gasteiger partial charge in [0.1, 0.15) is 0 Å². The monoisotopic (exact) mass is 574 g/mol. The van der Waals surface area contributed by atoms with Gasteiger partial charge in [-0.3, -0.25) is 0 Å². The molecule has 0 aromatic rings. The second-order valence-corrected chi connectivity index (χ2v) is 10.7. The van der Waals surface area contributed by atoms with Gasteiger partial charge in [-0.1, -0.05) is 55.4 Å². The minimum absolute atomic E-state index is 0. The summed E-state index contributed by atoms with van der Waals surface area (Å²) in [7, 11) is 0. The molecule has 0 saturated carbocycles. The fourth-order valence-corrected chi connectivity index (χ4v) is 6.92. The molecule has 0 aromatic carbocycles. The number of rotatable bonds is 8. The Hall–Kier alpha value is -2.14. The predicted molar refractivity (Wildman–Crippen MR) is 181 cm³/mol. The summed E-state index contributed by atoms with van der Waals surface area (Å²) in [6.45, 7) is 18.1. The summed E-state index contributed by atoms with van der Waals surface area (Å²) in [4.78, 5) is 21.2. The first-order chi connectivity index (χ1) is 19.5. The van der Waals surface area contributed by atoms with Crippen LogP contribution in [-0.4, -0.2) is 60.6 Å². The molecule has 5 aliphatic rings. The minimum atomic E-state index is 0. The van der Waals surface area contributed by atoms with E-state index in [9.17, 15) is 0 Å². The zero-order valence-electron chi connectivity index (χ0n) is 25.8. The Morgan fingerprint density at radius 1 is 0.439 bits per heavy atom. The van der Waals surface area contributed by atoms with Gasteiger partial charge in [0, 0.05) is 11.1 Å². The van der Waals surface area contributed by atoms with E-state index in [-0.39, 0.29) is 37.7 Å². The van der Waals surface area contributed by atoms with Crippen molar-refractivity contribution in [1.29, 1.82) is 0 Å². The third-order valence-corrected chi connectivity index (χ3v) is 8.77. The second-order valence-electron chi connectivity index (χ2n) is 10.7. The standard InChI is InChI=1S/C36H44N4.Ca.2H/c1-9-23-25(11-3)33-29(15-7)35-27(13-5)28(14-6)36(40-35)30(16-8)34-26(12-4)24(10-2)32(39-34)20-22-18-17-21(37-22)19-31(23)38-33;;;/h17-20H,9-16H2,1-8H3;;;. The molecule has 5 rings (SSSR count). The summed E-state index contributed by atoms with van der Waals surface area (Å²) in [5.74, 6) is 0. The van der Waals surface area contributed by atoms with E-state index in [0.717, 1.165) is 97.0 Å². The first kappa shape index (κ1) is 31.8. The van der Waals surface area contributed by atoms with Gasteiger partial charge in [-0.25, -0.2) is 20.0 Å². The average molecular weight is 575 g/mol. The number of nitrogens with zero attached hydrogens (tertiary/aromatic N) is 4. The van der Waals surface area contributed by atoms with Crippen molar-refractivity contribution in [1.82, 2.24) is 0 Å². The van der Waals surface area contributed by atoms with Gasteiger partial charge in [-0.15, -0.1) is 0 Å². The number of fused-ring (bicyclic) bond motifs is 4. The molecule has 0 radical (unpaired) electrons. The topological polar surface area (TPSA) is 49.4 Å². The van der Waals surface area contributed by atoms with Crippen LogP contribution in [0.5, 0.6) is 0 Å². The fourth-order valence-electron chi connectivity index (χ4n) is 6.92. The molecule has 5 aliphatic heterocycles. The van der Waals surface area contributed by atoms with E-state index in [2.05, 4.69) is 79.7 Å². The number of hydrogen-bond acceptors (Lipinski definition) is 4. The third-order valence-electron chi connectivity index (χ3n) is 8.77. The number of hydrogen-bond donors (Lipinski definition) is 0. The van der Waals surface area contributed by atoms with E-state index in [1.807, 2.05) is 0 Å². The van der Waals surface area contributed by atoms with Crippen molar-refractivity contribution >= 4 is 60.6 Å². The molecule has 0 aromatic heterocycles. The summed E-state index contributed by atoms with van der Waals surface area (Å²) in [5, 5.41) is 0. The molecule has 0 amide bonds. The van der Waals surface area contributed by atoms with Gasteiger partial charge in [0.15, 0.2) is 0 Å². The summed E-state index contributed by atoms with van der Waals surface area (Å²) in [5.41, 5.74) is 19.3. The Morgan fingerprint density at radius 3 is 1.49 bits per heavy atom. The van der Waals surface area contributed by atoms with Crippen LogP contribution in [0.4, 0.5) is 0 Å². The maximum absolute atomic E-state index is 5.54. The molecule has 41 heavy (non-hydrogen) atoms. The summed E-state index contributed by atoms with van der Waals surface area (Å²) in [6.07, 6.45) is 16.1. The van der Waals surface area contributed by atoms with Crippen LogP contribution in [0.3, 0.4) is 0 Å². The maximum atomic E-state index is 5.54. The first-order valence-corrected chi connectivity index (χ1v) is 15.6. The van der Waals surface area contributed by atoms with Gasteiger partial charge in [0.2, 0.25) is 0 Å². The Labute approximate surface area is 277 Å². The third kappa shape index (κ3) is 5.41. The zero-order chi connectivity index (χ0) is 28.6. The van der Waals surface area contributed by atoms with Crippen LogP contribution in [0.15, 0.2) is 112 Å². The van der Waals surface area contributed by atoms with Crippen LogP contribution in [0, 0.1) is 0 Å². The van der Waals surface area contributed by atoms with E-state index in [1.165, 1.54) is 44.6 Å². The molecule has 0 N–H and O–H groups in total. The van der Waals surface area contributed by atoms with Crippen LogP contribution in [0.2, 0.25) is 0 Å².